The number of anilines is 1. The third kappa shape index (κ3) is 2.53. The highest BCUT2D eigenvalue weighted by Gasteiger charge is 2.00. The van der Waals surface area contributed by atoms with Crippen LogP contribution in [0.2, 0.25) is 0 Å². The number of hydrogen-bond acceptors (Lipinski definition) is 2. The highest BCUT2D eigenvalue weighted by atomic mass is 14.8. The van der Waals surface area contributed by atoms with Gasteiger partial charge in [-0.15, -0.1) is 0 Å². The zero-order chi connectivity index (χ0) is 9.14. The van der Waals surface area contributed by atoms with Crippen LogP contribution in [0.4, 0.5) is 5.82 Å². The second kappa shape index (κ2) is 3.57. The van der Waals surface area contributed by atoms with Gasteiger partial charge >= 0.3 is 0 Å². The SMILES string of the molecule is Cc1cc(N)nc(CC(C)C)c1. The molecule has 0 bridgehead atoms. The molecule has 2 N–H and O–H groups in total. The molecule has 2 heteroatoms. The zero-order valence-electron chi connectivity index (χ0n) is 7.96. The van der Waals surface area contributed by atoms with Crippen LogP contribution in [0.3, 0.4) is 0 Å². The second-order valence-corrected chi connectivity index (χ2v) is 3.66. The Balaban J connectivity index is 2.85. The van der Waals surface area contributed by atoms with E-state index in [1.165, 1.54) is 5.56 Å². The molecule has 1 heterocycles. The van der Waals surface area contributed by atoms with Crippen LogP contribution in [0.5, 0.6) is 0 Å². The van der Waals surface area contributed by atoms with Crippen LogP contribution in [0, 0.1) is 12.8 Å². The van der Waals surface area contributed by atoms with Crippen molar-refractivity contribution in [1.82, 2.24) is 4.98 Å². The number of aromatic nitrogens is 1. The van der Waals surface area contributed by atoms with E-state index in [9.17, 15) is 0 Å². The van der Waals surface area contributed by atoms with Gasteiger partial charge in [0, 0.05) is 5.69 Å². The Hall–Kier alpha value is -1.05. The molecule has 12 heavy (non-hydrogen) atoms. The van der Waals surface area contributed by atoms with Crippen LogP contribution in [0.1, 0.15) is 25.1 Å². The predicted molar refractivity (Wildman–Crippen MR) is 51.9 cm³/mol. The van der Waals surface area contributed by atoms with Gasteiger partial charge in [-0.25, -0.2) is 4.98 Å². The zero-order valence-corrected chi connectivity index (χ0v) is 7.96. The average Bonchev–Trinajstić information content (AvgIpc) is 1.81. The molecule has 0 atom stereocenters. The van der Waals surface area contributed by atoms with Gasteiger partial charge in [0.25, 0.3) is 0 Å². The Morgan fingerprint density at radius 2 is 2.08 bits per heavy atom. The first kappa shape index (κ1) is 9.04. The number of rotatable bonds is 2. The van der Waals surface area contributed by atoms with Crippen molar-refractivity contribution in [2.75, 3.05) is 5.73 Å². The maximum atomic E-state index is 5.62. The molecule has 0 amide bonds. The van der Waals surface area contributed by atoms with E-state index >= 15 is 0 Å². The summed E-state index contributed by atoms with van der Waals surface area (Å²) in [5.74, 6) is 1.27. The lowest BCUT2D eigenvalue weighted by Gasteiger charge is -2.05. The molecule has 0 saturated heterocycles. The van der Waals surface area contributed by atoms with Crippen molar-refractivity contribution in [3.05, 3.63) is 23.4 Å². The third-order valence-electron chi connectivity index (χ3n) is 1.66. The summed E-state index contributed by atoms with van der Waals surface area (Å²) in [6, 6.07) is 3.99. The van der Waals surface area contributed by atoms with E-state index in [1.807, 2.05) is 13.0 Å². The van der Waals surface area contributed by atoms with Gasteiger partial charge in [-0.05, 0) is 37.0 Å². The van der Waals surface area contributed by atoms with Crippen LogP contribution < -0.4 is 5.73 Å². The Bertz CT molecular complexity index is 246. The molecule has 0 aliphatic heterocycles. The minimum Gasteiger partial charge on any atom is -0.384 e. The summed E-state index contributed by atoms with van der Waals surface area (Å²) < 4.78 is 0. The number of nitrogen functional groups attached to an aromatic ring is 1. The monoisotopic (exact) mass is 164 g/mol. The Labute approximate surface area is 73.8 Å². The molecule has 0 spiro atoms. The molecule has 1 aromatic heterocycles. The fraction of sp³-hybridized carbons (Fsp3) is 0.500. The maximum absolute atomic E-state index is 5.62. The molecule has 0 fully saturated rings. The second-order valence-electron chi connectivity index (χ2n) is 3.66. The molecule has 2 nitrogen and oxygen atoms in total. The van der Waals surface area contributed by atoms with E-state index in [-0.39, 0.29) is 0 Å². The smallest absolute Gasteiger partial charge is 0.123 e. The van der Waals surface area contributed by atoms with Crippen molar-refractivity contribution in [2.24, 2.45) is 5.92 Å². The Morgan fingerprint density at radius 3 is 2.58 bits per heavy atom. The quantitative estimate of drug-likeness (QED) is 0.727. The summed E-state index contributed by atoms with van der Waals surface area (Å²) in [5, 5.41) is 0. The first-order chi connectivity index (χ1) is 5.58. The number of pyridine rings is 1. The minimum absolute atomic E-state index is 0.630. The maximum Gasteiger partial charge on any atom is 0.123 e. The predicted octanol–water partition coefficient (Wildman–Crippen LogP) is 2.17. The summed E-state index contributed by atoms with van der Waals surface area (Å²) >= 11 is 0. The highest BCUT2D eigenvalue weighted by molar-refractivity contribution is 5.34. The Morgan fingerprint density at radius 1 is 1.42 bits per heavy atom. The van der Waals surface area contributed by atoms with Crippen molar-refractivity contribution < 1.29 is 0 Å². The summed E-state index contributed by atoms with van der Waals surface area (Å²) in [7, 11) is 0. The molecular formula is C10H16N2. The third-order valence-corrected chi connectivity index (χ3v) is 1.66. The van der Waals surface area contributed by atoms with Gasteiger partial charge in [0.15, 0.2) is 0 Å². The average molecular weight is 164 g/mol. The molecule has 1 rings (SSSR count). The van der Waals surface area contributed by atoms with Crippen molar-refractivity contribution in [2.45, 2.75) is 27.2 Å². The van der Waals surface area contributed by atoms with Gasteiger partial charge in [-0.1, -0.05) is 13.8 Å². The first-order valence-corrected chi connectivity index (χ1v) is 4.31. The van der Waals surface area contributed by atoms with E-state index < -0.39 is 0 Å². The fourth-order valence-electron chi connectivity index (χ4n) is 1.29. The summed E-state index contributed by atoms with van der Waals surface area (Å²) in [5.41, 5.74) is 7.92. The van der Waals surface area contributed by atoms with E-state index in [4.69, 9.17) is 5.73 Å². The summed E-state index contributed by atoms with van der Waals surface area (Å²) in [6.07, 6.45) is 1.01. The lowest BCUT2D eigenvalue weighted by atomic mass is 10.1. The molecule has 0 saturated carbocycles. The Kier molecular flexibility index (Phi) is 2.69. The van der Waals surface area contributed by atoms with Gasteiger partial charge < -0.3 is 5.73 Å². The van der Waals surface area contributed by atoms with Crippen molar-refractivity contribution >= 4 is 5.82 Å². The summed E-state index contributed by atoms with van der Waals surface area (Å²) in [6.45, 7) is 6.41. The van der Waals surface area contributed by atoms with Crippen molar-refractivity contribution in [3.63, 3.8) is 0 Å². The van der Waals surface area contributed by atoms with Gasteiger partial charge in [-0.2, -0.15) is 0 Å². The number of hydrogen-bond donors (Lipinski definition) is 1. The molecule has 0 aliphatic carbocycles. The van der Waals surface area contributed by atoms with Crippen LogP contribution in [0.25, 0.3) is 0 Å². The van der Waals surface area contributed by atoms with Gasteiger partial charge in [0.1, 0.15) is 5.82 Å². The van der Waals surface area contributed by atoms with Gasteiger partial charge in [0.2, 0.25) is 0 Å². The van der Waals surface area contributed by atoms with Crippen LogP contribution in [0.15, 0.2) is 12.1 Å². The molecule has 0 unspecified atom stereocenters. The molecule has 0 aromatic carbocycles. The van der Waals surface area contributed by atoms with Crippen LogP contribution in [-0.4, -0.2) is 4.98 Å². The topological polar surface area (TPSA) is 38.9 Å². The standard InChI is InChI=1S/C10H16N2/c1-7(2)4-9-5-8(3)6-10(11)12-9/h5-7H,4H2,1-3H3,(H2,11,12). The van der Waals surface area contributed by atoms with Gasteiger partial charge in [0.05, 0.1) is 0 Å². The van der Waals surface area contributed by atoms with E-state index in [0.29, 0.717) is 11.7 Å². The largest absolute Gasteiger partial charge is 0.384 e. The van der Waals surface area contributed by atoms with Crippen LogP contribution >= 0.6 is 0 Å². The first-order valence-electron chi connectivity index (χ1n) is 4.31. The molecule has 1 aromatic rings. The van der Waals surface area contributed by atoms with E-state index in [1.54, 1.807) is 0 Å². The van der Waals surface area contributed by atoms with Crippen molar-refractivity contribution in [1.29, 1.82) is 0 Å². The van der Waals surface area contributed by atoms with Crippen LogP contribution in [-0.2, 0) is 6.42 Å². The fourth-order valence-corrected chi connectivity index (χ4v) is 1.29. The van der Waals surface area contributed by atoms with E-state index in [0.717, 1.165) is 12.1 Å². The van der Waals surface area contributed by atoms with Gasteiger partial charge in [-0.3, -0.25) is 0 Å². The molecule has 0 radical (unpaired) electrons. The number of nitrogens with zero attached hydrogens (tertiary/aromatic N) is 1. The number of nitrogens with two attached hydrogens (primary N) is 1. The highest BCUT2D eigenvalue weighted by Crippen LogP contribution is 2.10. The summed E-state index contributed by atoms with van der Waals surface area (Å²) in [4.78, 5) is 4.25. The molecule has 0 aliphatic rings. The molecular weight excluding hydrogens is 148 g/mol. The molecule has 66 valence electrons. The normalized spacial score (nSPS) is 10.7. The van der Waals surface area contributed by atoms with E-state index in [2.05, 4.69) is 24.9 Å². The lowest BCUT2D eigenvalue weighted by Crippen LogP contribution is -2.00. The minimum atomic E-state index is 0.630. The lowest BCUT2D eigenvalue weighted by molar-refractivity contribution is 0.635. The van der Waals surface area contributed by atoms with Crippen molar-refractivity contribution in [3.8, 4) is 0 Å². The number of aryl methyl sites for hydroxylation is 1.